The molecular formula is C102H56N6O6S10. The molecule has 22 heteroatoms. The van der Waals surface area contributed by atoms with Crippen molar-refractivity contribution in [3.05, 3.63) is 302 Å². The maximum Gasteiger partial charge on any atom is 0.236 e. The molecule has 0 aliphatic carbocycles. The molecule has 25 rings (SSSR count). The highest BCUT2D eigenvalue weighted by molar-refractivity contribution is 7.28. The summed E-state index contributed by atoms with van der Waals surface area (Å²) in [4.78, 5) is 39.7. The number of hydrogen-bond acceptors (Lipinski definition) is 22. The second-order valence-electron chi connectivity index (χ2n) is 30.0. The Kier molecular flexibility index (Phi) is 17.7. The number of fused-ring (bicyclic) bond motifs is 14. The van der Waals surface area contributed by atoms with Gasteiger partial charge in [-0.1, -0.05) is 109 Å². The predicted molar refractivity (Wildman–Crippen MR) is 529 cm³/mol. The Morgan fingerprint density at radius 2 is 0.573 bits per heavy atom. The van der Waals surface area contributed by atoms with Crippen LogP contribution < -0.4 is 0 Å². The lowest BCUT2D eigenvalue weighted by molar-refractivity contribution is 0.531. The van der Waals surface area contributed by atoms with Crippen molar-refractivity contribution in [3.63, 3.8) is 0 Å². The molecule has 124 heavy (non-hydrogen) atoms. The predicted octanol–water partition coefficient (Wildman–Crippen LogP) is 34.2. The first-order valence-electron chi connectivity index (χ1n) is 39.7. The molecule has 12 nitrogen and oxygen atoms in total. The Balaban J connectivity index is 0.630. The molecule has 0 aliphatic heterocycles. The van der Waals surface area contributed by atoms with Gasteiger partial charge in [-0.15, -0.1) is 113 Å². The number of aromatic nitrogens is 4. The molecule has 0 N–H and O–H groups in total. The van der Waals surface area contributed by atoms with Crippen molar-refractivity contribution in [3.8, 4) is 109 Å². The number of hydrogen-bond donors (Lipinski definition) is 0. The number of allylic oxidation sites excluding steroid dienone is 2. The van der Waals surface area contributed by atoms with Gasteiger partial charge in [0.25, 0.3) is 0 Å². The van der Waals surface area contributed by atoms with Gasteiger partial charge < -0.3 is 27.1 Å². The molecule has 0 bridgehead atoms. The normalized spacial score (nSPS) is 12.6. The zero-order valence-electron chi connectivity index (χ0n) is 65.1. The lowest BCUT2D eigenvalue weighted by atomic mass is 10.00. The lowest BCUT2D eigenvalue weighted by Crippen LogP contribution is -1.87. The summed E-state index contributed by atoms with van der Waals surface area (Å²) < 4.78 is 52.3. The van der Waals surface area contributed by atoms with E-state index in [-0.39, 0.29) is 0 Å². The van der Waals surface area contributed by atoms with Crippen LogP contribution >= 0.6 is 113 Å². The Labute approximate surface area is 744 Å². The fourth-order valence-corrected chi connectivity index (χ4v) is 27.2. The third-order valence-corrected chi connectivity index (χ3v) is 33.9. The van der Waals surface area contributed by atoms with E-state index < -0.39 is 0 Å². The Hall–Kier alpha value is -13.2. The number of ether oxygens (including phenoxy) is 2. The first-order chi connectivity index (χ1) is 61.2. The number of nitrogens with zero attached hydrogens (tertiary/aromatic N) is 6. The highest BCUT2D eigenvalue weighted by Gasteiger charge is 2.27. The third-order valence-electron chi connectivity index (χ3n) is 22.3. The highest BCUT2D eigenvalue weighted by Crippen LogP contribution is 2.54. The van der Waals surface area contributed by atoms with E-state index in [0.717, 1.165) is 198 Å². The Morgan fingerprint density at radius 1 is 0.274 bits per heavy atom. The van der Waals surface area contributed by atoms with Gasteiger partial charge in [-0.05, 0) is 226 Å². The summed E-state index contributed by atoms with van der Waals surface area (Å²) in [6.07, 6.45) is 14.3. The second kappa shape index (κ2) is 29.8. The first kappa shape index (κ1) is 73.5. The zero-order chi connectivity index (χ0) is 81.8. The van der Waals surface area contributed by atoms with E-state index in [9.17, 15) is 0 Å². The Morgan fingerprint density at radius 3 is 0.919 bits per heavy atom. The van der Waals surface area contributed by atoms with Gasteiger partial charge in [0.1, 0.15) is 59.3 Å². The van der Waals surface area contributed by atoms with Gasteiger partial charge in [-0.25, -0.2) is 29.9 Å². The maximum absolute atomic E-state index is 6.60. The van der Waals surface area contributed by atoms with E-state index in [1.165, 1.54) is 18.8 Å². The molecule has 0 spiro atoms. The molecule has 14 heterocycles. The summed E-state index contributed by atoms with van der Waals surface area (Å²) in [6.45, 7) is 4.00. The SMILES string of the molecule is C/C=C(\OC=Nc1cc(-c2cc3cc4sc(-c5cc(N=CO/C(=C\C)c6cc7ccccc7s6)c6sc7c(-c8coc(-c9cc%10ccccc%10s9)n8)cc(-c8coc(-c9cc%10ccccc%10s9)n8)cc7c6c5)cc4cc3s2)cc2c1sc1c(-c3coc(-c4cc5ccccc5s4)n3)cc(-c3coc(-c4cc5ccccc5s4)n3)cc12)c1cc2ccccc2s1. The van der Waals surface area contributed by atoms with Crippen molar-refractivity contribution in [2.24, 2.45) is 9.98 Å². The zero-order valence-corrected chi connectivity index (χ0v) is 73.2. The number of rotatable bonds is 18. The van der Waals surface area contributed by atoms with E-state index in [2.05, 4.69) is 255 Å². The van der Waals surface area contributed by atoms with Gasteiger partial charge in [-0.2, -0.15) is 0 Å². The monoisotopic (exact) mass is 1780 g/mol. The van der Waals surface area contributed by atoms with Crippen LogP contribution in [0, 0.1) is 0 Å². The summed E-state index contributed by atoms with van der Waals surface area (Å²) in [5, 5.41) is 13.2. The molecule has 14 aromatic heterocycles. The molecule has 0 amide bonds. The largest absolute Gasteiger partial charge is 0.445 e. The molecule has 0 atom stereocenters. The fraction of sp³-hybridized carbons (Fsp3) is 0.0196. The van der Waals surface area contributed by atoms with E-state index >= 15 is 0 Å². The van der Waals surface area contributed by atoms with Crippen molar-refractivity contribution in [2.45, 2.75) is 13.8 Å². The summed E-state index contributed by atoms with van der Waals surface area (Å²) >= 11 is 17.0. The second-order valence-corrected chi connectivity index (χ2v) is 40.7. The number of aliphatic imine (C=N–C) groups is 2. The fourth-order valence-electron chi connectivity index (χ4n) is 16.4. The topological polar surface area (TPSA) is 147 Å². The van der Waals surface area contributed by atoms with Crippen molar-refractivity contribution in [2.75, 3.05) is 0 Å². The third kappa shape index (κ3) is 12.9. The molecule has 0 radical (unpaired) electrons. The van der Waals surface area contributed by atoms with E-state index in [1.807, 2.05) is 26.0 Å². The van der Waals surface area contributed by atoms with Crippen molar-refractivity contribution < 1.29 is 27.1 Å². The van der Waals surface area contributed by atoms with E-state index in [1.54, 1.807) is 151 Å². The molecule has 0 fully saturated rings. The van der Waals surface area contributed by atoms with Crippen molar-refractivity contribution in [1.29, 1.82) is 0 Å². The van der Waals surface area contributed by atoms with Crippen LogP contribution in [0.25, 0.3) is 242 Å². The molecule has 0 saturated carbocycles. The van der Waals surface area contributed by atoms with Crippen LogP contribution in [0.1, 0.15) is 23.6 Å². The molecule has 590 valence electrons. The van der Waals surface area contributed by atoms with Gasteiger partial charge in [0, 0.05) is 101 Å². The minimum atomic E-state index is 0.555. The van der Waals surface area contributed by atoms with Gasteiger partial charge >= 0.3 is 0 Å². The minimum absolute atomic E-state index is 0.555. The summed E-state index contributed by atoms with van der Waals surface area (Å²) in [5.74, 6) is 3.68. The molecule has 25 aromatic rings. The van der Waals surface area contributed by atoms with Crippen LogP contribution in [0.3, 0.4) is 0 Å². The number of oxazole rings is 4. The molecular weight excluding hydrogens is 1730 g/mol. The molecule has 11 aromatic carbocycles. The van der Waals surface area contributed by atoms with Crippen molar-refractivity contribution in [1.82, 2.24) is 19.9 Å². The van der Waals surface area contributed by atoms with E-state index in [4.69, 9.17) is 57.1 Å². The highest BCUT2D eigenvalue weighted by atomic mass is 32.1. The lowest BCUT2D eigenvalue weighted by Gasteiger charge is -2.06. The molecule has 0 unspecified atom stereocenters. The number of thiophene rings is 10. The summed E-state index contributed by atoms with van der Waals surface area (Å²) in [5.41, 5.74) is 9.91. The molecule has 0 saturated heterocycles. The van der Waals surface area contributed by atoms with Crippen LogP contribution in [0.4, 0.5) is 11.4 Å². The van der Waals surface area contributed by atoms with Gasteiger partial charge in [0.05, 0.1) is 50.0 Å². The smallest absolute Gasteiger partial charge is 0.236 e. The standard InChI is InChI=1S/C102H56N6O6S10/c1-3-77(89-37-53-17-5-11-23-79(53)115-89)113-51-103-71-35-61(33-67-65-29-59(73-47-109-99(105-73)91-39-55-19-7-13-25-81(55)117-91)31-69(95(65)123-97(67)71)75-49-111-101(107-75)93-41-57-21-9-15-27-83(57)119-93)85-43-63-45-88-64(46-87(63)121-85)44-86(122-88)62-34-68-66-30-60(74-48-110-100(106-74)92-40-56-20-8-14-26-82(56)118-92)32-70(76-50-112-102(108-76)94-42-58-22-10-16-28-84(58)120-94)96(66)124-98(68)72(36-62)104-52-114-78(4-2)90-38-54-18-6-12-24-80(54)116-90/h3-52H,1-2H3/b77-3-,78-4-,103-51?,104-52?. The van der Waals surface area contributed by atoms with Gasteiger partial charge in [-0.3, -0.25) is 0 Å². The number of benzene rings is 11. The average molecular weight is 1780 g/mol. The minimum Gasteiger partial charge on any atom is -0.445 e. The van der Waals surface area contributed by atoms with Crippen LogP contribution in [0.5, 0.6) is 0 Å². The summed E-state index contributed by atoms with van der Waals surface area (Å²) in [7, 11) is 0. The van der Waals surface area contributed by atoms with Crippen LogP contribution in [0.2, 0.25) is 0 Å². The maximum atomic E-state index is 6.60. The Bertz CT molecular complexity index is 8050. The average Bonchev–Trinajstić information content (AvgIpc) is 1.58. The van der Waals surface area contributed by atoms with Gasteiger partial charge in [0.15, 0.2) is 12.8 Å². The van der Waals surface area contributed by atoms with Crippen LogP contribution in [-0.4, -0.2) is 32.7 Å². The quantitative estimate of drug-likeness (QED) is 0.0462. The summed E-state index contributed by atoms with van der Waals surface area (Å²) in [6, 6.07) is 90.6. The van der Waals surface area contributed by atoms with E-state index in [0.29, 0.717) is 46.3 Å². The van der Waals surface area contributed by atoms with Crippen LogP contribution in [-0.2, 0) is 9.47 Å². The first-order valence-corrected chi connectivity index (χ1v) is 47.9. The molecule has 0 aliphatic rings. The van der Waals surface area contributed by atoms with Gasteiger partial charge in [0.2, 0.25) is 23.6 Å². The van der Waals surface area contributed by atoms with Crippen molar-refractivity contribution >= 4 is 270 Å². The van der Waals surface area contributed by atoms with Crippen LogP contribution in [0.15, 0.2) is 320 Å².